The summed E-state index contributed by atoms with van der Waals surface area (Å²) in [6.07, 6.45) is 0. The summed E-state index contributed by atoms with van der Waals surface area (Å²) >= 11 is 0. The molecule has 0 radical (unpaired) electrons. The van der Waals surface area contributed by atoms with E-state index >= 15 is 0 Å². The summed E-state index contributed by atoms with van der Waals surface area (Å²) < 4.78 is 7.75. The normalized spacial score (nSPS) is 13.0. The number of aromatic nitrogens is 3. The fourth-order valence-electron chi connectivity index (χ4n) is 21.7. The van der Waals surface area contributed by atoms with Gasteiger partial charge in [-0.15, -0.1) is 0 Å². The van der Waals surface area contributed by atoms with E-state index in [4.69, 9.17) is 0 Å². The van der Waals surface area contributed by atoms with Gasteiger partial charge in [-0.25, -0.2) is 0 Å². The number of nitrogens with zero attached hydrogens (tertiary/aromatic N) is 5. The molecular weight excluding hydrogens is 1570 g/mol. The van der Waals surface area contributed by atoms with Gasteiger partial charge >= 0.3 is 0 Å². The maximum Gasteiger partial charge on any atom is 0.252 e. The van der Waals surface area contributed by atoms with Crippen LogP contribution in [-0.4, -0.2) is 20.2 Å². The van der Waals surface area contributed by atoms with Crippen molar-refractivity contribution in [3.05, 3.63) is 411 Å². The lowest BCUT2D eigenvalue weighted by Gasteiger charge is -2.46. The zero-order valence-electron chi connectivity index (χ0n) is 75.8. The van der Waals surface area contributed by atoms with E-state index in [0.717, 1.165) is 123 Å². The van der Waals surface area contributed by atoms with E-state index in [0.29, 0.717) is 0 Å². The van der Waals surface area contributed by atoms with Crippen molar-refractivity contribution in [2.45, 2.75) is 105 Å². The molecule has 6 heterocycles. The lowest BCUT2D eigenvalue weighted by Crippen LogP contribution is -2.61. The van der Waals surface area contributed by atoms with Crippen molar-refractivity contribution in [1.29, 1.82) is 0 Å². The van der Waals surface area contributed by atoms with Gasteiger partial charge in [0.2, 0.25) is 0 Å². The first-order valence-electron chi connectivity index (χ1n) is 46.1. The lowest BCUT2D eigenvalue weighted by atomic mass is 9.33. The molecule has 0 bridgehead atoms. The summed E-state index contributed by atoms with van der Waals surface area (Å²) in [6.45, 7) is 27.8. The smallest absolute Gasteiger partial charge is 0.252 e. The van der Waals surface area contributed by atoms with Crippen LogP contribution in [0.2, 0.25) is 0 Å². The topological polar surface area (TPSA) is 20.8 Å². The molecule has 2 aliphatic heterocycles. The van der Waals surface area contributed by atoms with Crippen LogP contribution >= 0.6 is 0 Å². The van der Waals surface area contributed by atoms with Gasteiger partial charge in [-0.05, 0) is 219 Å². The van der Waals surface area contributed by atoms with Crippen LogP contribution in [0.1, 0.15) is 105 Å². The van der Waals surface area contributed by atoms with Crippen molar-refractivity contribution in [3.63, 3.8) is 0 Å². The largest absolute Gasteiger partial charge is 0.310 e. The van der Waals surface area contributed by atoms with Gasteiger partial charge < -0.3 is 23.3 Å². The van der Waals surface area contributed by atoms with E-state index in [9.17, 15) is 0 Å². The lowest BCUT2D eigenvalue weighted by molar-refractivity contribution is 0.590. The van der Waals surface area contributed by atoms with E-state index in [2.05, 4.69) is 495 Å². The van der Waals surface area contributed by atoms with Crippen LogP contribution < -0.4 is 26.2 Å². The highest BCUT2D eigenvalue weighted by atomic mass is 15.2. The second kappa shape index (κ2) is 29.3. The molecule has 0 atom stereocenters. The Labute approximate surface area is 761 Å². The molecule has 0 unspecified atom stereocenters. The Morgan fingerprint density at radius 1 is 0.200 bits per heavy atom. The second-order valence-electron chi connectivity index (χ2n) is 40.4. The molecular formula is C124H100BN5. The molecule has 4 aromatic heterocycles. The number of fused-ring (bicyclic) bond motifs is 16. The van der Waals surface area contributed by atoms with Gasteiger partial charge in [-0.2, -0.15) is 0 Å². The molecule has 5 nitrogen and oxygen atoms in total. The minimum atomic E-state index is -0.361. The van der Waals surface area contributed by atoms with Crippen molar-refractivity contribution in [3.8, 4) is 89.3 Å². The molecule has 0 amide bonds. The molecule has 0 saturated carbocycles. The van der Waals surface area contributed by atoms with Crippen LogP contribution in [-0.2, 0) is 21.7 Å². The third kappa shape index (κ3) is 12.5. The summed E-state index contributed by atoms with van der Waals surface area (Å²) in [7, 11) is 0. The fraction of sp³-hybridized carbons (Fsp3) is 0.129. The minimum Gasteiger partial charge on any atom is -0.310 e. The monoisotopic (exact) mass is 1670 g/mol. The molecule has 0 fully saturated rings. The zero-order chi connectivity index (χ0) is 88.1. The Balaban J connectivity index is 0.906. The summed E-state index contributed by atoms with van der Waals surface area (Å²) in [6, 6.07) is 150. The van der Waals surface area contributed by atoms with E-state index < -0.39 is 0 Å². The molecule has 22 aromatic rings. The van der Waals surface area contributed by atoms with Gasteiger partial charge in [0.25, 0.3) is 6.71 Å². The predicted octanol–water partition coefficient (Wildman–Crippen LogP) is 32.0. The third-order valence-electron chi connectivity index (χ3n) is 28.3. The number of para-hydroxylation sites is 2. The Hall–Kier alpha value is -15.0. The SMILES string of the molecule is CC(C)(C)c1ccc2c3ccc(C(C)(C)C)cc3n(-c3ccc4c(c3)N(c3c(-c5ccccc5)cc(-c5ccccc5)cc3-c3ccccc3)c3cc(-c5ccc6c(c5)c5cccc7c8ccccc8n6c75)cc5c3B4c3ccc(-n4c6cc(C(C)(C)C)ccc6c6ccc(C(C)(C)C)cc64)cc3N5c3c(-c4ccccc4)cc(-c4ccccc4)cc3-c3ccccc3)c2c1. The van der Waals surface area contributed by atoms with Crippen LogP contribution in [0.25, 0.3) is 171 Å². The quantitative estimate of drug-likeness (QED) is 0.120. The van der Waals surface area contributed by atoms with Gasteiger partial charge in [-0.3, -0.25) is 0 Å². The molecule has 18 aromatic carbocycles. The number of hydrogen-bond donors (Lipinski definition) is 0. The third-order valence-corrected chi connectivity index (χ3v) is 28.3. The van der Waals surface area contributed by atoms with E-state index in [1.165, 1.54) is 120 Å². The van der Waals surface area contributed by atoms with Gasteiger partial charge in [0.1, 0.15) is 0 Å². The van der Waals surface area contributed by atoms with Crippen LogP contribution in [0.3, 0.4) is 0 Å². The van der Waals surface area contributed by atoms with Crippen molar-refractivity contribution in [2.24, 2.45) is 0 Å². The van der Waals surface area contributed by atoms with Crippen LogP contribution in [0.15, 0.2) is 388 Å². The summed E-state index contributed by atoms with van der Waals surface area (Å²) in [5, 5.41) is 9.87. The predicted molar refractivity (Wildman–Crippen MR) is 557 cm³/mol. The summed E-state index contributed by atoms with van der Waals surface area (Å²) in [5.74, 6) is 0. The first kappa shape index (κ1) is 78.5. The number of anilines is 6. The van der Waals surface area contributed by atoms with Crippen LogP contribution in [0, 0.1) is 0 Å². The Morgan fingerprint density at radius 2 is 0.508 bits per heavy atom. The average Bonchev–Trinajstić information content (AvgIpc) is 0.716. The summed E-state index contributed by atoms with van der Waals surface area (Å²) in [5.41, 5.74) is 40.8. The van der Waals surface area contributed by atoms with Gasteiger partial charge in [-0.1, -0.05) is 368 Å². The number of hydrogen-bond acceptors (Lipinski definition) is 2. The Morgan fingerprint density at radius 3 is 0.869 bits per heavy atom. The first-order chi connectivity index (χ1) is 63.0. The molecule has 0 aliphatic carbocycles. The summed E-state index contributed by atoms with van der Waals surface area (Å²) in [4.78, 5) is 5.53. The standard InChI is InChI=1S/C124H100BN5/c1-121(2,3)87-51-57-94-95-58-52-88(122(4,5)6)72-110(95)126(109(94)71-87)91-55-61-105-113(75-91)129(119-100(79-38-23-15-24-39-79)65-84(77-34-19-13-20-35-77)66-101(119)80-40-25-16-26-41-80)115-69-86(83-50-63-108-104(64-83)99-48-33-47-98-93-46-31-32-49-107(93)128(108)118(98)99)70-116-117(115)125(105)106-62-56-92(127-111-73-89(123(7,8)9)53-59-96(111)97-60-54-90(74-112(97)127)124(10,11)12)76-114(106)130(116)120-102(81-42-27-17-28-43-81)67-85(78-36-21-14-22-37-78)68-103(120)82-44-29-18-30-45-82/h13-76H,1-12H3. The first-order valence-corrected chi connectivity index (χ1v) is 46.1. The van der Waals surface area contributed by atoms with Crippen molar-refractivity contribution in [1.82, 2.24) is 13.5 Å². The molecule has 624 valence electrons. The van der Waals surface area contributed by atoms with Crippen LogP contribution in [0.4, 0.5) is 34.1 Å². The Kier molecular flexibility index (Phi) is 17.7. The highest BCUT2D eigenvalue weighted by molar-refractivity contribution is 7.00. The molecule has 6 heteroatoms. The van der Waals surface area contributed by atoms with Crippen molar-refractivity contribution >= 4 is 139 Å². The Bertz CT molecular complexity index is 7690. The molecule has 2 aliphatic rings. The van der Waals surface area contributed by atoms with Crippen LogP contribution in [0.5, 0.6) is 0 Å². The fourth-order valence-corrected chi connectivity index (χ4v) is 21.7. The molecule has 0 saturated heterocycles. The van der Waals surface area contributed by atoms with E-state index in [1.807, 2.05) is 0 Å². The van der Waals surface area contributed by atoms with E-state index in [-0.39, 0.29) is 28.4 Å². The zero-order valence-corrected chi connectivity index (χ0v) is 75.8. The highest BCUT2D eigenvalue weighted by Crippen LogP contribution is 2.57. The van der Waals surface area contributed by atoms with Gasteiger partial charge in [0.15, 0.2) is 0 Å². The van der Waals surface area contributed by atoms with Gasteiger partial charge in [0.05, 0.1) is 50.0 Å². The van der Waals surface area contributed by atoms with Crippen molar-refractivity contribution in [2.75, 3.05) is 9.80 Å². The van der Waals surface area contributed by atoms with Crippen molar-refractivity contribution < 1.29 is 0 Å². The van der Waals surface area contributed by atoms with Gasteiger partial charge in [0, 0.05) is 99.5 Å². The maximum atomic E-state index is 2.77. The molecule has 0 spiro atoms. The molecule has 130 heavy (non-hydrogen) atoms. The number of rotatable bonds is 11. The average molecular weight is 1670 g/mol. The number of benzene rings is 18. The molecule has 0 N–H and O–H groups in total. The minimum absolute atomic E-state index is 0.140. The second-order valence-corrected chi connectivity index (χ2v) is 40.4. The van der Waals surface area contributed by atoms with E-state index in [1.54, 1.807) is 0 Å². The highest BCUT2D eigenvalue weighted by Gasteiger charge is 2.47. The maximum absolute atomic E-state index is 2.77. The molecule has 24 rings (SSSR count).